The molecular weight excluding hydrogens is 282 g/mol. The van der Waals surface area contributed by atoms with Crippen molar-refractivity contribution in [3.63, 3.8) is 0 Å². The fourth-order valence-electron chi connectivity index (χ4n) is 2.48. The fraction of sp³-hybridized carbons (Fsp3) is 0.375. The van der Waals surface area contributed by atoms with Crippen LogP contribution in [0.1, 0.15) is 28.3 Å². The number of aromatic nitrogens is 1. The van der Waals surface area contributed by atoms with E-state index in [0.29, 0.717) is 13.1 Å². The van der Waals surface area contributed by atoms with Crippen LogP contribution in [0, 0.1) is 6.92 Å². The molecular formula is C16H19N3OS. The number of hydrogen-bond acceptors (Lipinski definition) is 3. The number of hydrogen-bond donors (Lipinski definition) is 2. The second-order valence-electron chi connectivity index (χ2n) is 5.53. The van der Waals surface area contributed by atoms with Crippen molar-refractivity contribution >= 4 is 17.4 Å². The Labute approximate surface area is 128 Å². The molecule has 1 aromatic heterocycles. The van der Waals surface area contributed by atoms with E-state index in [1.807, 2.05) is 19.2 Å². The van der Waals surface area contributed by atoms with Crippen molar-refractivity contribution in [2.45, 2.75) is 31.7 Å². The molecule has 2 N–H and O–H groups in total. The van der Waals surface area contributed by atoms with Gasteiger partial charge in [-0.25, -0.2) is 9.78 Å². The van der Waals surface area contributed by atoms with E-state index in [0.717, 1.165) is 22.7 Å². The molecule has 21 heavy (non-hydrogen) atoms. The zero-order chi connectivity index (χ0) is 14.7. The first-order valence-corrected chi connectivity index (χ1v) is 7.98. The van der Waals surface area contributed by atoms with Gasteiger partial charge in [0.25, 0.3) is 0 Å². The lowest BCUT2D eigenvalue weighted by atomic mass is 9.96. The lowest BCUT2D eigenvalue weighted by molar-refractivity contribution is 0.239. The number of amides is 2. The Hall–Kier alpha value is -1.88. The molecule has 2 amide bonds. The van der Waals surface area contributed by atoms with Crippen LogP contribution in [-0.4, -0.2) is 17.6 Å². The smallest absolute Gasteiger partial charge is 0.315 e. The van der Waals surface area contributed by atoms with Gasteiger partial charge in [0.1, 0.15) is 0 Å². The van der Waals surface area contributed by atoms with Crippen molar-refractivity contribution < 1.29 is 4.79 Å². The molecule has 1 aromatic carbocycles. The van der Waals surface area contributed by atoms with Gasteiger partial charge in [-0.3, -0.25) is 0 Å². The summed E-state index contributed by atoms with van der Waals surface area (Å²) in [4.78, 5) is 17.1. The Morgan fingerprint density at radius 2 is 2.05 bits per heavy atom. The maximum atomic E-state index is 11.9. The van der Waals surface area contributed by atoms with Gasteiger partial charge in [-0.2, -0.15) is 0 Å². The minimum Gasteiger partial charge on any atom is -0.337 e. The van der Waals surface area contributed by atoms with Crippen LogP contribution in [0.25, 0.3) is 0 Å². The molecule has 1 saturated carbocycles. The molecule has 0 unspecified atom stereocenters. The zero-order valence-corrected chi connectivity index (χ0v) is 12.9. The lowest BCUT2D eigenvalue weighted by Crippen LogP contribution is -2.39. The van der Waals surface area contributed by atoms with E-state index in [9.17, 15) is 4.79 Å². The molecule has 1 aliphatic rings. The highest BCUT2D eigenvalue weighted by Crippen LogP contribution is 2.47. The van der Waals surface area contributed by atoms with Gasteiger partial charge < -0.3 is 10.6 Å². The van der Waals surface area contributed by atoms with Crippen molar-refractivity contribution in [3.05, 3.63) is 52.0 Å². The van der Waals surface area contributed by atoms with Crippen molar-refractivity contribution in [2.24, 2.45) is 0 Å². The van der Waals surface area contributed by atoms with Crippen LogP contribution >= 0.6 is 11.3 Å². The number of nitrogens with one attached hydrogen (secondary N) is 2. The SMILES string of the molecule is Cc1ncc(CNC(=O)NCC2(c3ccccc3)CC2)s1. The zero-order valence-electron chi connectivity index (χ0n) is 12.1. The summed E-state index contributed by atoms with van der Waals surface area (Å²) in [5, 5.41) is 6.90. The van der Waals surface area contributed by atoms with Crippen molar-refractivity contribution in [2.75, 3.05) is 6.54 Å². The minimum absolute atomic E-state index is 0.108. The summed E-state index contributed by atoms with van der Waals surface area (Å²) in [6.45, 7) is 3.20. The average molecular weight is 301 g/mol. The van der Waals surface area contributed by atoms with E-state index in [1.165, 1.54) is 5.56 Å². The van der Waals surface area contributed by atoms with Crippen LogP contribution < -0.4 is 10.6 Å². The standard InChI is InChI=1S/C16H19N3OS/c1-12-17-9-14(21-12)10-18-15(20)19-11-16(7-8-16)13-5-3-2-4-6-13/h2-6,9H,7-8,10-11H2,1H3,(H2,18,19,20). The Kier molecular flexibility index (Phi) is 3.92. The molecule has 1 aliphatic carbocycles. The Balaban J connectivity index is 1.48. The van der Waals surface area contributed by atoms with Crippen LogP contribution in [-0.2, 0) is 12.0 Å². The second-order valence-corrected chi connectivity index (χ2v) is 6.85. The first-order valence-electron chi connectivity index (χ1n) is 7.16. The van der Waals surface area contributed by atoms with E-state index in [1.54, 1.807) is 11.3 Å². The van der Waals surface area contributed by atoms with E-state index in [-0.39, 0.29) is 11.4 Å². The van der Waals surface area contributed by atoms with Gasteiger partial charge in [0.2, 0.25) is 0 Å². The van der Waals surface area contributed by atoms with Crippen LogP contribution in [0.2, 0.25) is 0 Å². The van der Waals surface area contributed by atoms with Gasteiger partial charge in [0.05, 0.1) is 11.6 Å². The number of carbonyl (C=O) groups is 1. The van der Waals surface area contributed by atoms with Crippen molar-refractivity contribution in [1.29, 1.82) is 0 Å². The maximum Gasteiger partial charge on any atom is 0.315 e. The molecule has 110 valence electrons. The second kappa shape index (κ2) is 5.85. The highest BCUT2D eigenvalue weighted by molar-refractivity contribution is 7.11. The predicted molar refractivity (Wildman–Crippen MR) is 84.4 cm³/mol. The average Bonchev–Trinajstić information content (AvgIpc) is 3.20. The maximum absolute atomic E-state index is 11.9. The van der Waals surface area contributed by atoms with E-state index < -0.39 is 0 Å². The third-order valence-corrected chi connectivity index (χ3v) is 4.83. The molecule has 5 heteroatoms. The molecule has 1 heterocycles. The topological polar surface area (TPSA) is 54.0 Å². The first kappa shape index (κ1) is 14.1. The summed E-state index contributed by atoms with van der Waals surface area (Å²) < 4.78 is 0. The summed E-state index contributed by atoms with van der Waals surface area (Å²) in [6.07, 6.45) is 4.10. The lowest BCUT2D eigenvalue weighted by Gasteiger charge is -2.16. The molecule has 0 bridgehead atoms. The summed E-state index contributed by atoms with van der Waals surface area (Å²) >= 11 is 1.61. The van der Waals surface area contributed by atoms with Gasteiger partial charge in [-0.05, 0) is 25.3 Å². The number of aryl methyl sites for hydroxylation is 1. The molecule has 0 atom stereocenters. The molecule has 0 saturated heterocycles. The molecule has 0 radical (unpaired) electrons. The molecule has 2 aromatic rings. The molecule has 3 rings (SSSR count). The molecule has 4 nitrogen and oxygen atoms in total. The quantitative estimate of drug-likeness (QED) is 0.892. The number of thiazole rings is 1. The minimum atomic E-state index is -0.108. The number of urea groups is 1. The normalized spacial score (nSPS) is 15.5. The van der Waals surface area contributed by atoms with Crippen LogP contribution in [0.15, 0.2) is 36.5 Å². The van der Waals surface area contributed by atoms with E-state index in [2.05, 4.69) is 39.9 Å². The Bertz CT molecular complexity index is 619. The summed E-state index contributed by atoms with van der Waals surface area (Å²) in [5.41, 5.74) is 1.48. The van der Waals surface area contributed by atoms with E-state index >= 15 is 0 Å². The number of nitrogens with zero attached hydrogens (tertiary/aromatic N) is 1. The summed E-state index contributed by atoms with van der Waals surface area (Å²) in [5.74, 6) is 0. The highest BCUT2D eigenvalue weighted by atomic mass is 32.1. The third-order valence-electron chi connectivity index (χ3n) is 3.92. The van der Waals surface area contributed by atoms with Gasteiger partial charge in [-0.15, -0.1) is 11.3 Å². The molecule has 1 fully saturated rings. The number of benzene rings is 1. The molecule has 0 spiro atoms. The number of carbonyl (C=O) groups excluding carboxylic acids is 1. The van der Waals surface area contributed by atoms with Crippen LogP contribution in [0.3, 0.4) is 0 Å². The summed E-state index contributed by atoms with van der Waals surface area (Å²) in [6, 6.07) is 10.3. The van der Waals surface area contributed by atoms with Gasteiger partial charge in [0.15, 0.2) is 0 Å². The largest absolute Gasteiger partial charge is 0.337 e. The van der Waals surface area contributed by atoms with Crippen molar-refractivity contribution in [3.8, 4) is 0 Å². The third kappa shape index (κ3) is 3.42. The predicted octanol–water partition coefficient (Wildman–Crippen LogP) is 2.98. The summed E-state index contributed by atoms with van der Waals surface area (Å²) in [7, 11) is 0. The van der Waals surface area contributed by atoms with Crippen molar-refractivity contribution in [1.82, 2.24) is 15.6 Å². The molecule has 0 aliphatic heterocycles. The van der Waals surface area contributed by atoms with Gasteiger partial charge in [-0.1, -0.05) is 30.3 Å². The monoisotopic (exact) mass is 301 g/mol. The van der Waals surface area contributed by atoms with Gasteiger partial charge in [0, 0.05) is 23.0 Å². The highest BCUT2D eigenvalue weighted by Gasteiger charge is 2.44. The van der Waals surface area contributed by atoms with Gasteiger partial charge >= 0.3 is 6.03 Å². The number of rotatable bonds is 5. The Morgan fingerprint density at radius 3 is 2.67 bits per heavy atom. The fourth-order valence-corrected chi connectivity index (χ4v) is 3.21. The Morgan fingerprint density at radius 1 is 1.29 bits per heavy atom. The first-order chi connectivity index (χ1) is 10.2. The van der Waals surface area contributed by atoms with Crippen LogP contribution in [0.5, 0.6) is 0 Å². The van der Waals surface area contributed by atoms with Crippen LogP contribution in [0.4, 0.5) is 4.79 Å². The van der Waals surface area contributed by atoms with E-state index in [4.69, 9.17) is 0 Å².